The SMILES string of the molecule is CCOc1ccccc1N1CCN(Cc2occc2C(=O)OC)CC1. The van der Waals surface area contributed by atoms with Crippen molar-refractivity contribution < 1.29 is 18.7 Å². The predicted molar refractivity (Wildman–Crippen MR) is 95.1 cm³/mol. The molecule has 25 heavy (non-hydrogen) atoms. The number of rotatable bonds is 6. The molecule has 2 heterocycles. The molecule has 0 N–H and O–H groups in total. The van der Waals surface area contributed by atoms with Gasteiger partial charge in [0.15, 0.2) is 0 Å². The van der Waals surface area contributed by atoms with E-state index < -0.39 is 0 Å². The summed E-state index contributed by atoms with van der Waals surface area (Å²) in [5.74, 6) is 1.24. The van der Waals surface area contributed by atoms with Crippen molar-refractivity contribution >= 4 is 11.7 Å². The van der Waals surface area contributed by atoms with Gasteiger partial charge in [-0.1, -0.05) is 12.1 Å². The Labute approximate surface area is 147 Å². The van der Waals surface area contributed by atoms with Gasteiger partial charge in [0.2, 0.25) is 0 Å². The Bertz CT molecular complexity index is 705. The number of benzene rings is 1. The Hall–Kier alpha value is -2.47. The predicted octanol–water partition coefficient (Wildman–Crippen LogP) is 2.79. The van der Waals surface area contributed by atoms with Crippen molar-refractivity contribution in [2.24, 2.45) is 0 Å². The second kappa shape index (κ2) is 8.07. The van der Waals surface area contributed by atoms with E-state index in [1.54, 1.807) is 6.07 Å². The number of furan rings is 1. The maximum Gasteiger partial charge on any atom is 0.341 e. The maximum atomic E-state index is 11.8. The molecule has 0 bridgehead atoms. The zero-order chi connectivity index (χ0) is 17.6. The number of piperazine rings is 1. The Morgan fingerprint density at radius 3 is 2.64 bits per heavy atom. The molecule has 1 aliphatic rings. The van der Waals surface area contributed by atoms with Crippen molar-refractivity contribution in [3.8, 4) is 5.75 Å². The number of para-hydroxylation sites is 2. The lowest BCUT2D eigenvalue weighted by Crippen LogP contribution is -2.46. The van der Waals surface area contributed by atoms with E-state index in [4.69, 9.17) is 13.9 Å². The average molecular weight is 344 g/mol. The van der Waals surface area contributed by atoms with Crippen LogP contribution in [0.4, 0.5) is 5.69 Å². The molecule has 1 aromatic carbocycles. The molecule has 0 aliphatic carbocycles. The minimum Gasteiger partial charge on any atom is -0.492 e. The van der Waals surface area contributed by atoms with Crippen molar-refractivity contribution in [2.45, 2.75) is 13.5 Å². The summed E-state index contributed by atoms with van der Waals surface area (Å²) in [6.45, 7) is 6.85. The Morgan fingerprint density at radius 2 is 1.92 bits per heavy atom. The van der Waals surface area contributed by atoms with E-state index in [1.807, 2.05) is 25.1 Å². The van der Waals surface area contributed by atoms with E-state index in [1.165, 1.54) is 13.4 Å². The number of nitrogens with zero attached hydrogens (tertiary/aromatic N) is 2. The number of hydrogen-bond donors (Lipinski definition) is 0. The van der Waals surface area contributed by atoms with Crippen molar-refractivity contribution in [3.05, 3.63) is 47.9 Å². The number of anilines is 1. The molecule has 0 atom stereocenters. The van der Waals surface area contributed by atoms with Gasteiger partial charge in [0.05, 0.1) is 32.2 Å². The normalized spacial score (nSPS) is 15.2. The first kappa shape index (κ1) is 17.4. The first-order valence-corrected chi connectivity index (χ1v) is 8.56. The summed E-state index contributed by atoms with van der Waals surface area (Å²) in [6, 6.07) is 9.81. The summed E-state index contributed by atoms with van der Waals surface area (Å²) in [5.41, 5.74) is 1.64. The molecule has 6 nitrogen and oxygen atoms in total. The van der Waals surface area contributed by atoms with Gasteiger partial charge in [0.1, 0.15) is 17.1 Å². The minimum absolute atomic E-state index is 0.354. The summed E-state index contributed by atoms with van der Waals surface area (Å²) in [7, 11) is 1.38. The quantitative estimate of drug-likeness (QED) is 0.751. The highest BCUT2D eigenvalue weighted by molar-refractivity contribution is 5.90. The average Bonchev–Trinajstić information content (AvgIpc) is 3.11. The molecule has 0 radical (unpaired) electrons. The molecule has 2 aromatic rings. The summed E-state index contributed by atoms with van der Waals surface area (Å²) >= 11 is 0. The zero-order valence-electron chi connectivity index (χ0n) is 14.7. The monoisotopic (exact) mass is 344 g/mol. The summed E-state index contributed by atoms with van der Waals surface area (Å²) in [4.78, 5) is 16.4. The van der Waals surface area contributed by atoms with Gasteiger partial charge in [-0.3, -0.25) is 4.90 Å². The fourth-order valence-electron chi connectivity index (χ4n) is 3.10. The number of hydrogen-bond acceptors (Lipinski definition) is 6. The molecule has 0 unspecified atom stereocenters. The molecule has 3 rings (SSSR count). The van der Waals surface area contributed by atoms with Crippen molar-refractivity contribution in [3.63, 3.8) is 0 Å². The van der Waals surface area contributed by atoms with Crippen LogP contribution in [-0.2, 0) is 11.3 Å². The third-order valence-electron chi connectivity index (χ3n) is 4.40. The molecule has 0 spiro atoms. The van der Waals surface area contributed by atoms with Crippen LogP contribution in [0, 0.1) is 0 Å². The first-order valence-electron chi connectivity index (χ1n) is 8.56. The number of carbonyl (C=O) groups is 1. The third-order valence-corrected chi connectivity index (χ3v) is 4.40. The molecule has 6 heteroatoms. The number of carbonyl (C=O) groups excluding carboxylic acids is 1. The van der Waals surface area contributed by atoms with Crippen LogP contribution in [0.3, 0.4) is 0 Å². The van der Waals surface area contributed by atoms with Crippen molar-refractivity contribution in [1.29, 1.82) is 0 Å². The van der Waals surface area contributed by atoms with Gasteiger partial charge in [-0.25, -0.2) is 4.79 Å². The van der Waals surface area contributed by atoms with Crippen LogP contribution in [0.25, 0.3) is 0 Å². The van der Waals surface area contributed by atoms with Gasteiger partial charge in [-0.2, -0.15) is 0 Å². The van der Waals surface area contributed by atoms with Gasteiger partial charge in [0.25, 0.3) is 0 Å². The molecule has 1 aliphatic heterocycles. The lowest BCUT2D eigenvalue weighted by Gasteiger charge is -2.36. The molecule has 134 valence electrons. The Balaban J connectivity index is 1.61. The highest BCUT2D eigenvalue weighted by atomic mass is 16.5. The fourth-order valence-corrected chi connectivity index (χ4v) is 3.10. The van der Waals surface area contributed by atoms with Crippen LogP contribution in [0.1, 0.15) is 23.0 Å². The van der Waals surface area contributed by atoms with E-state index in [-0.39, 0.29) is 5.97 Å². The first-order chi connectivity index (χ1) is 12.2. The van der Waals surface area contributed by atoms with Gasteiger partial charge < -0.3 is 18.8 Å². The molecule has 1 saturated heterocycles. The van der Waals surface area contributed by atoms with Gasteiger partial charge in [0, 0.05) is 26.2 Å². The highest BCUT2D eigenvalue weighted by Crippen LogP contribution is 2.29. The van der Waals surface area contributed by atoms with Crippen LogP contribution >= 0.6 is 0 Å². The van der Waals surface area contributed by atoms with E-state index >= 15 is 0 Å². The smallest absolute Gasteiger partial charge is 0.341 e. The Morgan fingerprint density at radius 1 is 1.16 bits per heavy atom. The van der Waals surface area contributed by atoms with Crippen LogP contribution in [0.5, 0.6) is 5.75 Å². The second-order valence-corrected chi connectivity index (χ2v) is 5.91. The van der Waals surface area contributed by atoms with E-state index in [2.05, 4.69) is 15.9 Å². The zero-order valence-corrected chi connectivity index (χ0v) is 14.7. The summed E-state index contributed by atoms with van der Waals surface area (Å²) in [6.07, 6.45) is 1.54. The van der Waals surface area contributed by atoms with Crippen LogP contribution in [0.2, 0.25) is 0 Å². The standard InChI is InChI=1S/C19H24N2O4/c1-3-24-17-7-5-4-6-16(17)21-11-9-20(10-12-21)14-18-15(8-13-25-18)19(22)23-2/h4-8,13H,3,9-12,14H2,1-2H3. The molecule has 0 saturated carbocycles. The Kier molecular flexibility index (Phi) is 5.60. The fraction of sp³-hybridized carbons (Fsp3) is 0.421. The van der Waals surface area contributed by atoms with E-state index in [0.29, 0.717) is 24.5 Å². The van der Waals surface area contributed by atoms with Crippen LogP contribution in [-0.4, -0.2) is 50.8 Å². The van der Waals surface area contributed by atoms with Crippen molar-refractivity contribution in [2.75, 3.05) is 44.8 Å². The summed E-state index contributed by atoms with van der Waals surface area (Å²) < 4.78 is 16.0. The number of ether oxygens (including phenoxy) is 2. The number of esters is 1. The maximum absolute atomic E-state index is 11.8. The van der Waals surface area contributed by atoms with E-state index in [9.17, 15) is 4.79 Å². The molecule has 1 fully saturated rings. The lowest BCUT2D eigenvalue weighted by atomic mass is 10.2. The van der Waals surface area contributed by atoms with Gasteiger partial charge >= 0.3 is 5.97 Å². The topological polar surface area (TPSA) is 55.2 Å². The lowest BCUT2D eigenvalue weighted by molar-refractivity contribution is 0.0596. The largest absolute Gasteiger partial charge is 0.492 e. The summed E-state index contributed by atoms with van der Waals surface area (Å²) in [5, 5.41) is 0. The number of methoxy groups -OCH3 is 1. The van der Waals surface area contributed by atoms with E-state index in [0.717, 1.165) is 37.6 Å². The van der Waals surface area contributed by atoms with Crippen LogP contribution < -0.4 is 9.64 Å². The molecular weight excluding hydrogens is 320 g/mol. The second-order valence-electron chi connectivity index (χ2n) is 5.91. The highest BCUT2D eigenvalue weighted by Gasteiger charge is 2.23. The molecule has 1 aromatic heterocycles. The third kappa shape index (κ3) is 3.96. The minimum atomic E-state index is -0.354. The molecular formula is C19H24N2O4. The van der Waals surface area contributed by atoms with Gasteiger partial charge in [-0.15, -0.1) is 0 Å². The molecule has 0 amide bonds. The van der Waals surface area contributed by atoms with Crippen molar-refractivity contribution in [1.82, 2.24) is 4.90 Å². The van der Waals surface area contributed by atoms with Crippen LogP contribution in [0.15, 0.2) is 41.0 Å². The van der Waals surface area contributed by atoms with Gasteiger partial charge in [-0.05, 0) is 25.1 Å².